The highest BCUT2D eigenvalue weighted by atomic mass is 19.3. The zero-order chi connectivity index (χ0) is 15.8. The van der Waals surface area contributed by atoms with Crippen molar-refractivity contribution in [2.24, 2.45) is 23.7 Å². The van der Waals surface area contributed by atoms with Gasteiger partial charge in [-0.05, 0) is 56.3 Å². The van der Waals surface area contributed by atoms with E-state index in [4.69, 9.17) is 0 Å². The molecule has 0 atom stereocenters. The van der Waals surface area contributed by atoms with Crippen molar-refractivity contribution in [2.75, 3.05) is 0 Å². The van der Waals surface area contributed by atoms with Crippen molar-refractivity contribution in [3.63, 3.8) is 0 Å². The maximum atomic E-state index is 12.7. The summed E-state index contributed by atoms with van der Waals surface area (Å²) in [7, 11) is 0. The first-order chi connectivity index (χ1) is 10.7. The molecule has 0 aromatic heterocycles. The molecule has 0 saturated heterocycles. The van der Waals surface area contributed by atoms with Gasteiger partial charge in [0.2, 0.25) is 6.43 Å². The summed E-state index contributed by atoms with van der Waals surface area (Å²) in [4.78, 5) is 0. The second-order valence-corrected chi connectivity index (χ2v) is 7.99. The average Bonchev–Trinajstić information content (AvgIpc) is 2.55. The lowest BCUT2D eigenvalue weighted by atomic mass is 9.68. The minimum absolute atomic E-state index is 0.296. The Morgan fingerprint density at radius 3 is 1.82 bits per heavy atom. The average molecular weight is 315 g/mol. The molecule has 0 aromatic rings. The number of alkyl halides is 2. The van der Waals surface area contributed by atoms with Crippen LogP contribution in [0.5, 0.6) is 0 Å². The van der Waals surface area contributed by atoms with Crippen molar-refractivity contribution >= 4 is 0 Å². The van der Waals surface area contributed by atoms with E-state index in [-0.39, 0.29) is 5.92 Å². The third-order valence-electron chi connectivity index (χ3n) is 6.45. The van der Waals surface area contributed by atoms with E-state index < -0.39 is 6.43 Å². The summed E-state index contributed by atoms with van der Waals surface area (Å²) in [5, 5.41) is 0. The number of hydrogen-bond acceptors (Lipinski definition) is 0. The van der Waals surface area contributed by atoms with Crippen LogP contribution in [0.25, 0.3) is 0 Å². The van der Waals surface area contributed by atoms with Crippen LogP contribution in [-0.4, -0.2) is 6.43 Å². The summed E-state index contributed by atoms with van der Waals surface area (Å²) in [6.07, 6.45) is 15.6. The molecule has 2 heteroatoms. The lowest BCUT2D eigenvalue weighted by Gasteiger charge is -2.37. The first-order valence-corrected chi connectivity index (χ1v) is 9.98. The highest BCUT2D eigenvalue weighted by Crippen LogP contribution is 2.43. The summed E-state index contributed by atoms with van der Waals surface area (Å²) >= 11 is 0. The Bertz CT molecular complexity index is 273. The van der Waals surface area contributed by atoms with Gasteiger partial charge in [0.1, 0.15) is 0 Å². The van der Waals surface area contributed by atoms with Crippen molar-refractivity contribution in [1.82, 2.24) is 0 Å². The fourth-order valence-corrected chi connectivity index (χ4v) is 4.85. The lowest BCUT2D eigenvalue weighted by Crippen LogP contribution is -2.27. The molecule has 0 N–H and O–H groups in total. The van der Waals surface area contributed by atoms with E-state index in [1.807, 2.05) is 0 Å². The predicted octanol–water partition coefficient (Wildman–Crippen LogP) is 7.22. The molecule has 0 aliphatic heterocycles. The normalized spacial score (nSPS) is 33.3. The monoisotopic (exact) mass is 314 g/mol. The Kier molecular flexibility index (Phi) is 8.17. The molecule has 0 nitrogen and oxygen atoms in total. The number of unbranched alkanes of at least 4 members (excludes halogenated alkanes) is 4. The molecule has 2 aliphatic rings. The van der Waals surface area contributed by atoms with Crippen LogP contribution >= 0.6 is 0 Å². The van der Waals surface area contributed by atoms with E-state index in [2.05, 4.69) is 6.92 Å². The van der Waals surface area contributed by atoms with Gasteiger partial charge in [0, 0.05) is 5.92 Å². The van der Waals surface area contributed by atoms with Gasteiger partial charge in [0.25, 0.3) is 0 Å². The maximum absolute atomic E-state index is 12.7. The van der Waals surface area contributed by atoms with Crippen LogP contribution in [0.2, 0.25) is 0 Å². The zero-order valence-electron chi connectivity index (χ0n) is 14.5. The standard InChI is InChI=1S/C20H36F2/c1-2-3-4-5-6-7-16-8-10-17(11-9-16)18-12-14-19(15-13-18)20(21)22/h16-20H,2-15H2,1H3. The SMILES string of the molecule is CCCCCCCC1CCC(C2CCC(C(F)F)CC2)CC1. The first kappa shape index (κ1) is 18.2. The van der Waals surface area contributed by atoms with Crippen LogP contribution in [0.15, 0.2) is 0 Å². The molecule has 2 rings (SSSR count). The Hall–Kier alpha value is -0.140. The van der Waals surface area contributed by atoms with Crippen molar-refractivity contribution in [3.8, 4) is 0 Å². The number of hydrogen-bond donors (Lipinski definition) is 0. The summed E-state index contributed by atoms with van der Waals surface area (Å²) in [5.74, 6) is 2.29. The van der Waals surface area contributed by atoms with Crippen LogP contribution in [0.1, 0.15) is 96.8 Å². The van der Waals surface area contributed by atoms with E-state index >= 15 is 0 Å². The molecule has 0 heterocycles. The van der Waals surface area contributed by atoms with Gasteiger partial charge in [-0.25, -0.2) is 8.78 Å². The van der Waals surface area contributed by atoms with Gasteiger partial charge >= 0.3 is 0 Å². The third kappa shape index (κ3) is 5.81. The molecule has 0 bridgehead atoms. The second kappa shape index (κ2) is 9.88. The topological polar surface area (TPSA) is 0 Å². The number of rotatable bonds is 8. The Morgan fingerprint density at radius 2 is 1.27 bits per heavy atom. The molecule has 0 amide bonds. The van der Waals surface area contributed by atoms with Crippen LogP contribution in [-0.2, 0) is 0 Å². The van der Waals surface area contributed by atoms with E-state index in [9.17, 15) is 8.78 Å². The number of halogens is 2. The minimum Gasteiger partial charge on any atom is -0.210 e. The highest BCUT2D eigenvalue weighted by Gasteiger charge is 2.33. The van der Waals surface area contributed by atoms with Crippen molar-refractivity contribution < 1.29 is 8.78 Å². The van der Waals surface area contributed by atoms with Crippen molar-refractivity contribution in [2.45, 2.75) is 103 Å². The fraction of sp³-hybridized carbons (Fsp3) is 1.00. The van der Waals surface area contributed by atoms with Crippen molar-refractivity contribution in [3.05, 3.63) is 0 Å². The quantitative estimate of drug-likeness (QED) is 0.415. The molecule has 2 fully saturated rings. The smallest absolute Gasteiger partial charge is 0.210 e. The van der Waals surface area contributed by atoms with Crippen molar-refractivity contribution in [1.29, 1.82) is 0 Å². The largest absolute Gasteiger partial charge is 0.241 e. The summed E-state index contributed by atoms with van der Waals surface area (Å²) in [6.45, 7) is 2.27. The zero-order valence-corrected chi connectivity index (χ0v) is 14.5. The van der Waals surface area contributed by atoms with Gasteiger partial charge in [-0.1, -0.05) is 58.3 Å². The molecule has 22 heavy (non-hydrogen) atoms. The van der Waals surface area contributed by atoms with Gasteiger partial charge in [-0.3, -0.25) is 0 Å². The van der Waals surface area contributed by atoms with E-state index in [0.717, 1.165) is 43.4 Å². The minimum atomic E-state index is -2.08. The van der Waals surface area contributed by atoms with Gasteiger partial charge in [-0.15, -0.1) is 0 Å². The lowest BCUT2D eigenvalue weighted by molar-refractivity contribution is 0.0339. The van der Waals surface area contributed by atoms with Crippen LogP contribution < -0.4 is 0 Å². The third-order valence-corrected chi connectivity index (χ3v) is 6.45. The molecular formula is C20H36F2. The Labute approximate surface area is 136 Å². The maximum Gasteiger partial charge on any atom is 0.241 e. The van der Waals surface area contributed by atoms with Crippen LogP contribution in [0.4, 0.5) is 8.78 Å². The van der Waals surface area contributed by atoms with Crippen LogP contribution in [0.3, 0.4) is 0 Å². The summed E-state index contributed by atoms with van der Waals surface area (Å²) < 4.78 is 25.5. The molecule has 0 unspecified atom stereocenters. The van der Waals surface area contributed by atoms with Gasteiger partial charge in [0.05, 0.1) is 0 Å². The van der Waals surface area contributed by atoms with Gasteiger partial charge in [0.15, 0.2) is 0 Å². The summed E-state index contributed by atoms with van der Waals surface area (Å²) in [6, 6.07) is 0. The fourth-order valence-electron chi connectivity index (χ4n) is 4.85. The molecule has 0 spiro atoms. The molecule has 130 valence electrons. The van der Waals surface area contributed by atoms with E-state index in [1.165, 1.54) is 64.2 Å². The first-order valence-electron chi connectivity index (χ1n) is 9.98. The molecule has 0 aromatic carbocycles. The predicted molar refractivity (Wildman–Crippen MR) is 90.3 cm³/mol. The second-order valence-electron chi connectivity index (χ2n) is 7.99. The van der Waals surface area contributed by atoms with Gasteiger partial charge < -0.3 is 0 Å². The van der Waals surface area contributed by atoms with E-state index in [0.29, 0.717) is 0 Å². The Balaban J connectivity index is 1.57. The van der Waals surface area contributed by atoms with Gasteiger partial charge in [-0.2, -0.15) is 0 Å². The van der Waals surface area contributed by atoms with Crippen LogP contribution in [0, 0.1) is 23.7 Å². The molecule has 0 radical (unpaired) electrons. The highest BCUT2D eigenvalue weighted by molar-refractivity contribution is 4.82. The summed E-state index contributed by atoms with van der Waals surface area (Å²) in [5.41, 5.74) is 0. The Morgan fingerprint density at radius 1 is 0.727 bits per heavy atom. The molecular weight excluding hydrogens is 278 g/mol. The molecule has 2 aliphatic carbocycles. The van der Waals surface area contributed by atoms with E-state index in [1.54, 1.807) is 0 Å². The molecule has 2 saturated carbocycles.